The van der Waals surface area contributed by atoms with Gasteiger partial charge in [0.2, 0.25) is 0 Å². The van der Waals surface area contributed by atoms with Gasteiger partial charge in [-0.3, -0.25) is 0 Å². The molecule has 146 valence electrons. The van der Waals surface area contributed by atoms with Gasteiger partial charge in [-0.05, 0) is 95.3 Å². The van der Waals surface area contributed by atoms with Gasteiger partial charge in [0.05, 0.1) is 0 Å². The fourth-order valence-corrected chi connectivity index (χ4v) is 3.22. The fraction of sp³-hybridized carbons (Fsp3) is 0.280. The second kappa shape index (κ2) is 8.83. The highest BCUT2D eigenvalue weighted by Crippen LogP contribution is 2.35. The van der Waals surface area contributed by atoms with E-state index in [0.717, 1.165) is 28.4 Å². The van der Waals surface area contributed by atoms with Crippen LogP contribution in [0.5, 0.6) is 0 Å². The lowest BCUT2D eigenvalue weighted by Crippen LogP contribution is -2.12. The predicted molar refractivity (Wildman–Crippen MR) is 123 cm³/mol. The molecule has 0 amide bonds. The first kappa shape index (κ1) is 19.8. The number of nitrogens with one attached hydrogen (secondary N) is 2. The van der Waals surface area contributed by atoms with Gasteiger partial charge in [-0.2, -0.15) is 0 Å². The molecule has 0 heterocycles. The topological polar surface area (TPSA) is 27.3 Å². The number of hydrogen-bond acceptors (Lipinski definition) is 3. The number of benzene rings is 3. The summed E-state index contributed by atoms with van der Waals surface area (Å²) < 4.78 is 0. The van der Waals surface area contributed by atoms with Crippen molar-refractivity contribution in [3.8, 4) is 0 Å². The normalized spacial score (nSPS) is 11.0. The van der Waals surface area contributed by atoms with Gasteiger partial charge in [0.15, 0.2) is 0 Å². The molecule has 0 unspecified atom stereocenters. The van der Waals surface area contributed by atoms with E-state index >= 15 is 0 Å². The van der Waals surface area contributed by atoms with Crippen LogP contribution in [0.25, 0.3) is 0 Å². The molecule has 0 fully saturated rings. The minimum absolute atomic E-state index is 0.417. The van der Waals surface area contributed by atoms with Crippen LogP contribution in [0.4, 0.5) is 28.4 Å². The maximum atomic E-state index is 3.46. The molecule has 0 aliphatic heterocycles. The molecule has 28 heavy (non-hydrogen) atoms. The molecule has 3 aromatic rings. The number of rotatable bonds is 7. The van der Waals surface area contributed by atoms with Crippen LogP contribution in [-0.2, 0) is 0 Å². The first-order chi connectivity index (χ1) is 13.4. The van der Waals surface area contributed by atoms with Crippen molar-refractivity contribution in [2.24, 2.45) is 0 Å². The van der Waals surface area contributed by atoms with Crippen molar-refractivity contribution < 1.29 is 0 Å². The molecule has 0 saturated heterocycles. The molecule has 0 aromatic heterocycles. The lowest BCUT2D eigenvalue weighted by atomic mass is 10.1. The molecule has 0 aliphatic rings. The van der Waals surface area contributed by atoms with Crippen molar-refractivity contribution in [3.63, 3.8) is 0 Å². The minimum Gasteiger partial charge on any atom is -0.383 e. The van der Waals surface area contributed by atoms with E-state index in [4.69, 9.17) is 0 Å². The van der Waals surface area contributed by atoms with E-state index in [0.29, 0.717) is 12.1 Å². The second-order valence-corrected chi connectivity index (χ2v) is 7.86. The van der Waals surface area contributed by atoms with Crippen molar-refractivity contribution in [3.05, 3.63) is 78.4 Å². The van der Waals surface area contributed by atoms with Crippen LogP contribution in [0.2, 0.25) is 0 Å². The summed E-state index contributed by atoms with van der Waals surface area (Å²) in [5.74, 6) is 0. The van der Waals surface area contributed by atoms with Crippen LogP contribution in [0, 0.1) is 6.92 Å². The molecule has 0 bridgehead atoms. The van der Waals surface area contributed by atoms with E-state index in [1.807, 2.05) is 0 Å². The summed E-state index contributed by atoms with van der Waals surface area (Å²) in [6.07, 6.45) is 0. The Labute approximate surface area is 169 Å². The Morgan fingerprint density at radius 1 is 0.536 bits per heavy atom. The smallest absolute Gasteiger partial charge is 0.0463 e. The monoisotopic (exact) mass is 373 g/mol. The third kappa shape index (κ3) is 5.07. The highest BCUT2D eigenvalue weighted by molar-refractivity contribution is 5.78. The maximum Gasteiger partial charge on any atom is 0.0463 e. The van der Waals surface area contributed by atoms with E-state index in [-0.39, 0.29) is 0 Å². The van der Waals surface area contributed by atoms with Gasteiger partial charge in [-0.15, -0.1) is 0 Å². The van der Waals surface area contributed by atoms with E-state index in [1.165, 1.54) is 5.56 Å². The Bertz CT molecular complexity index is 810. The zero-order chi connectivity index (χ0) is 20.1. The van der Waals surface area contributed by atoms with E-state index in [1.54, 1.807) is 0 Å². The molecule has 0 atom stereocenters. The van der Waals surface area contributed by atoms with Crippen LogP contribution in [-0.4, -0.2) is 12.1 Å². The van der Waals surface area contributed by atoms with Gasteiger partial charge in [-0.1, -0.05) is 17.7 Å². The highest BCUT2D eigenvalue weighted by Gasteiger charge is 2.12. The second-order valence-electron chi connectivity index (χ2n) is 7.86. The number of hydrogen-bond donors (Lipinski definition) is 2. The van der Waals surface area contributed by atoms with Crippen LogP contribution >= 0.6 is 0 Å². The first-order valence-electron chi connectivity index (χ1n) is 10.0. The Hall–Kier alpha value is -2.94. The molecule has 3 aromatic carbocycles. The van der Waals surface area contributed by atoms with Gasteiger partial charge >= 0.3 is 0 Å². The van der Waals surface area contributed by atoms with E-state index in [9.17, 15) is 0 Å². The fourth-order valence-electron chi connectivity index (χ4n) is 3.22. The molecule has 3 heteroatoms. The molecular weight excluding hydrogens is 342 g/mol. The summed E-state index contributed by atoms with van der Waals surface area (Å²) in [4.78, 5) is 2.29. The zero-order valence-electron chi connectivity index (χ0n) is 17.5. The minimum atomic E-state index is 0.417. The summed E-state index contributed by atoms with van der Waals surface area (Å²) >= 11 is 0. The maximum absolute atomic E-state index is 3.46. The lowest BCUT2D eigenvalue weighted by molar-refractivity contribution is 0.900. The van der Waals surface area contributed by atoms with Gasteiger partial charge in [-0.25, -0.2) is 0 Å². The Morgan fingerprint density at radius 3 is 1.18 bits per heavy atom. The quantitative estimate of drug-likeness (QED) is 0.462. The molecule has 3 rings (SSSR count). The van der Waals surface area contributed by atoms with Gasteiger partial charge in [0, 0.05) is 40.5 Å². The van der Waals surface area contributed by atoms with Gasteiger partial charge < -0.3 is 15.5 Å². The van der Waals surface area contributed by atoms with Crippen molar-refractivity contribution in [2.75, 3.05) is 15.5 Å². The summed E-state index contributed by atoms with van der Waals surface area (Å²) in [5, 5.41) is 6.91. The molecule has 3 nitrogen and oxygen atoms in total. The van der Waals surface area contributed by atoms with Gasteiger partial charge in [0.25, 0.3) is 0 Å². The van der Waals surface area contributed by atoms with Crippen LogP contribution < -0.4 is 15.5 Å². The zero-order valence-corrected chi connectivity index (χ0v) is 17.5. The van der Waals surface area contributed by atoms with E-state index in [2.05, 4.69) is 123 Å². The number of aryl methyl sites for hydroxylation is 1. The Morgan fingerprint density at radius 2 is 0.857 bits per heavy atom. The van der Waals surface area contributed by atoms with Crippen molar-refractivity contribution in [1.29, 1.82) is 0 Å². The standard InChI is InChI=1S/C25H31N3/c1-18(2)26-21-8-14-24(15-9-21)28(23-12-6-20(5)7-13-23)25-16-10-22(11-17-25)27-19(3)4/h6-19,26-27H,1-5H3. The van der Waals surface area contributed by atoms with Crippen LogP contribution in [0.3, 0.4) is 0 Å². The Kier molecular flexibility index (Phi) is 6.25. The molecule has 0 saturated carbocycles. The first-order valence-corrected chi connectivity index (χ1v) is 10.0. The third-order valence-electron chi connectivity index (χ3n) is 4.45. The number of anilines is 5. The third-order valence-corrected chi connectivity index (χ3v) is 4.45. The highest BCUT2D eigenvalue weighted by atomic mass is 15.1. The SMILES string of the molecule is Cc1ccc(N(c2ccc(NC(C)C)cc2)c2ccc(NC(C)C)cc2)cc1. The number of nitrogens with zero attached hydrogens (tertiary/aromatic N) is 1. The van der Waals surface area contributed by atoms with Crippen molar-refractivity contribution >= 4 is 28.4 Å². The summed E-state index contributed by atoms with van der Waals surface area (Å²) in [6, 6.07) is 26.8. The lowest BCUT2D eigenvalue weighted by Gasteiger charge is -2.26. The molecule has 0 spiro atoms. The molecule has 0 radical (unpaired) electrons. The average Bonchev–Trinajstić information content (AvgIpc) is 2.65. The average molecular weight is 374 g/mol. The Balaban J connectivity index is 1.97. The van der Waals surface area contributed by atoms with Crippen LogP contribution in [0.1, 0.15) is 33.3 Å². The summed E-state index contributed by atoms with van der Waals surface area (Å²) in [6.45, 7) is 10.7. The summed E-state index contributed by atoms with van der Waals surface area (Å²) in [5.41, 5.74) is 6.97. The predicted octanol–water partition coefficient (Wildman–Crippen LogP) is 7.11. The van der Waals surface area contributed by atoms with Gasteiger partial charge in [0.1, 0.15) is 0 Å². The van der Waals surface area contributed by atoms with Crippen molar-refractivity contribution in [1.82, 2.24) is 0 Å². The van der Waals surface area contributed by atoms with Crippen LogP contribution in [0.15, 0.2) is 72.8 Å². The summed E-state index contributed by atoms with van der Waals surface area (Å²) in [7, 11) is 0. The largest absolute Gasteiger partial charge is 0.383 e. The molecule has 2 N–H and O–H groups in total. The molecule has 0 aliphatic carbocycles. The van der Waals surface area contributed by atoms with E-state index < -0.39 is 0 Å². The van der Waals surface area contributed by atoms with Crippen molar-refractivity contribution in [2.45, 2.75) is 46.7 Å². The molecular formula is C25H31N3.